The third kappa shape index (κ3) is 7.21. The Balaban J connectivity index is 1.76. The van der Waals surface area contributed by atoms with Gasteiger partial charge in [-0.15, -0.1) is 0 Å². The number of carbonyl (C=O) groups is 1. The predicted octanol–water partition coefficient (Wildman–Crippen LogP) is 4.48. The summed E-state index contributed by atoms with van der Waals surface area (Å²) in [5, 5.41) is 4.39. The fourth-order valence-electron chi connectivity index (χ4n) is 3.05. The number of nitrogens with one attached hydrogen (secondary N) is 1. The Morgan fingerprint density at radius 3 is 2.17 bits per heavy atom. The zero-order valence-electron chi connectivity index (χ0n) is 19.5. The first-order valence-corrected chi connectivity index (χ1v) is 12.5. The quantitative estimate of drug-likeness (QED) is 0.317. The molecule has 0 aliphatic rings. The average molecular weight is 516 g/mol. The second-order valence-corrected chi connectivity index (χ2v) is 9.99. The van der Waals surface area contributed by atoms with E-state index in [2.05, 4.69) is 10.5 Å². The summed E-state index contributed by atoms with van der Waals surface area (Å²) in [7, 11) is -2.58. The number of amides is 1. The van der Waals surface area contributed by atoms with Crippen LogP contribution < -0.4 is 19.2 Å². The highest BCUT2D eigenvalue weighted by Gasteiger charge is 2.27. The maximum absolute atomic E-state index is 13.4. The van der Waals surface area contributed by atoms with Crippen LogP contribution >= 0.6 is 11.6 Å². The zero-order chi connectivity index (χ0) is 25.4. The van der Waals surface area contributed by atoms with E-state index in [-0.39, 0.29) is 16.7 Å². The van der Waals surface area contributed by atoms with Crippen molar-refractivity contribution in [3.63, 3.8) is 0 Å². The van der Waals surface area contributed by atoms with Gasteiger partial charge < -0.3 is 9.47 Å². The summed E-state index contributed by atoms with van der Waals surface area (Å²) in [6.07, 6.45) is 1.52. The van der Waals surface area contributed by atoms with Crippen LogP contribution in [-0.4, -0.2) is 40.3 Å². The van der Waals surface area contributed by atoms with Crippen molar-refractivity contribution in [2.24, 2.45) is 5.10 Å². The Labute approximate surface area is 210 Å². The molecule has 0 aliphatic carbocycles. The molecule has 1 N–H and O–H groups in total. The second-order valence-electron chi connectivity index (χ2n) is 7.69. The Kier molecular flexibility index (Phi) is 8.73. The first-order valence-electron chi connectivity index (χ1n) is 10.7. The van der Waals surface area contributed by atoms with Crippen LogP contribution in [0.1, 0.15) is 19.4 Å². The molecular formula is C25H26ClN3O5S. The molecule has 0 fully saturated rings. The van der Waals surface area contributed by atoms with Gasteiger partial charge >= 0.3 is 0 Å². The van der Waals surface area contributed by atoms with Crippen molar-refractivity contribution in [3.8, 4) is 11.5 Å². The molecule has 35 heavy (non-hydrogen) atoms. The molecule has 184 valence electrons. The van der Waals surface area contributed by atoms with Crippen LogP contribution in [0, 0.1) is 0 Å². The van der Waals surface area contributed by atoms with Crippen LogP contribution in [0.2, 0.25) is 5.02 Å². The highest BCUT2D eigenvalue weighted by Crippen LogP contribution is 2.26. The Hall–Kier alpha value is -3.56. The number of halogens is 1. The number of benzene rings is 3. The van der Waals surface area contributed by atoms with Crippen molar-refractivity contribution in [1.29, 1.82) is 0 Å². The first-order chi connectivity index (χ1) is 16.7. The normalized spacial score (nSPS) is 11.5. The van der Waals surface area contributed by atoms with E-state index in [0.717, 1.165) is 15.6 Å². The van der Waals surface area contributed by atoms with Gasteiger partial charge in [0.1, 0.15) is 18.0 Å². The molecule has 0 radical (unpaired) electrons. The number of nitrogens with zero attached hydrogens (tertiary/aromatic N) is 2. The van der Waals surface area contributed by atoms with Crippen molar-refractivity contribution in [2.45, 2.75) is 24.8 Å². The SMILES string of the molecule is COc1ccc(S(=O)(=O)N(CC(=O)N/N=C\c2ccc(OC(C)C)cc2)c2ccc(Cl)cc2)cc1. The number of carbonyl (C=O) groups excluding carboxylic acids is 1. The van der Waals surface area contributed by atoms with E-state index < -0.39 is 22.5 Å². The first kappa shape index (κ1) is 26.1. The predicted molar refractivity (Wildman–Crippen MR) is 137 cm³/mol. The Morgan fingerprint density at radius 1 is 1.00 bits per heavy atom. The van der Waals surface area contributed by atoms with Crippen molar-refractivity contribution < 1.29 is 22.7 Å². The summed E-state index contributed by atoms with van der Waals surface area (Å²) in [6, 6.07) is 19.2. The van der Waals surface area contributed by atoms with Gasteiger partial charge in [0.2, 0.25) is 0 Å². The number of hydrogen-bond acceptors (Lipinski definition) is 6. The molecule has 10 heteroatoms. The van der Waals surface area contributed by atoms with Crippen molar-refractivity contribution in [2.75, 3.05) is 18.0 Å². The van der Waals surface area contributed by atoms with Gasteiger partial charge in [0.15, 0.2) is 0 Å². The minimum Gasteiger partial charge on any atom is -0.497 e. The van der Waals surface area contributed by atoms with Gasteiger partial charge in [-0.1, -0.05) is 11.6 Å². The van der Waals surface area contributed by atoms with Gasteiger partial charge in [-0.2, -0.15) is 5.10 Å². The van der Waals surface area contributed by atoms with Crippen LogP contribution in [0.25, 0.3) is 0 Å². The summed E-state index contributed by atoms with van der Waals surface area (Å²) in [5.74, 6) is 0.620. The van der Waals surface area contributed by atoms with Crippen LogP contribution in [0.3, 0.4) is 0 Å². The van der Waals surface area contributed by atoms with Gasteiger partial charge in [0.25, 0.3) is 15.9 Å². The van der Waals surface area contributed by atoms with E-state index in [4.69, 9.17) is 21.1 Å². The van der Waals surface area contributed by atoms with Crippen LogP contribution in [0.5, 0.6) is 11.5 Å². The molecule has 3 aromatic rings. The number of hydrogen-bond donors (Lipinski definition) is 1. The van der Waals surface area contributed by atoms with Gasteiger partial charge in [-0.25, -0.2) is 13.8 Å². The molecule has 0 saturated carbocycles. The van der Waals surface area contributed by atoms with Gasteiger partial charge in [-0.05, 0) is 92.2 Å². The maximum atomic E-state index is 13.4. The smallest absolute Gasteiger partial charge is 0.264 e. The molecule has 0 aromatic heterocycles. The molecule has 0 spiro atoms. The second kappa shape index (κ2) is 11.7. The third-order valence-corrected chi connectivity index (χ3v) is 6.74. The number of rotatable bonds is 10. The monoisotopic (exact) mass is 515 g/mol. The summed E-state index contributed by atoms with van der Waals surface area (Å²) in [6.45, 7) is 3.38. The van der Waals surface area contributed by atoms with E-state index in [0.29, 0.717) is 10.8 Å². The van der Waals surface area contributed by atoms with E-state index in [1.165, 1.54) is 49.7 Å². The highest BCUT2D eigenvalue weighted by molar-refractivity contribution is 7.92. The van der Waals surface area contributed by atoms with Crippen molar-refractivity contribution >= 4 is 39.4 Å². The maximum Gasteiger partial charge on any atom is 0.264 e. The number of sulfonamides is 1. The molecule has 0 aliphatic heterocycles. The fourth-order valence-corrected chi connectivity index (χ4v) is 4.59. The van der Waals surface area contributed by atoms with E-state index in [1.807, 2.05) is 13.8 Å². The molecular weight excluding hydrogens is 490 g/mol. The molecule has 0 unspecified atom stereocenters. The van der Waals surface area contributed by atoms with Crippen molar-refractivity contribution in [1.82, 2.24) is 5.43 Å². The minimum atomic E-state index is -4.07. The summed E-state index contributed by atoms with van der Waals surface area (Å²) in [5.41, 5.74) is 3.40. The van der Waals surface area contributed by atoms with E-state index in [9.17, 15) is 13.2 Å². The fraction of sp³-hybridized carbons (Fsp3) is 0.200. The lowest BCUT2D eigenvalue weighted by atomic mass is 10.2. The van der Waals surface area contributed by atoms with E-state index in [1.54, 1.807) is 36.4 Å². The number of anilines is 1. The third-order valence-electron chi connectivity index (χ3n) is 4.70. The lowest BCUT2D eigenvalue weighted by Crippen LogP contribution is -2.39. The molecule has 3 aromatic carbocycles. The van der Waals surface area contributed by atoms with Crippen LogP contribution in [0.15, 0.2) is 82.8 Å². The number of hydrazone groups is 1. The summed E-state index contributed by atoms with van der Waals surface area (Å²) in [4.78, 5) is 12.6. The van der Waals surface area contributed by atoms with Crippen molar-refractivity contribution in [3.05, 3.63) is 83.4 Å². The number of methoxy groups -OCH3 is 1. The largest absolute Gasteiger partial charge is 0.497 e. The molecule has 0 saturated heterocycles. The lowest BCUT2D eigenvalue weighted by molar-refractivity contribution is -0.119. The molecule has 8 nitrogen and oxygen atoms in total. The van der Waals surface area contributed by atoms with Crippen LogP contribution in [0.4, 0.5) is 5.69 Å². The minimum absolute atomic E-state index is 0.00765. The molecule has 1 amide bonds. The summed E-state index contributed by atoms with van der Waals surface area (Å²) < 4.78 is 38.4. The zero-order valence-corrected chi connectivity index (χ0v) is 21.1. The van der Waals surface area contributed by atoms with Gasteiger partial charge in [0, 0.05) is 5.02 Å². The van der Waals surface area contributed by atoms with Gasteiger partial charge in [-0.3, -0.25) is 9.10 Å². The molecule has 0 atom stereocenters. The molecule has 0 bridgehead atoms. The van der Waals surface area contributed by atoms with E-state index >= 15 is 0 Å². The number of ether oxygens (including phenoxy) is 2. The summed E-state index contributed by atoms with van der Waals surface area (Å²) >= 11 is 5.96. The van der Waals surface area contributed by atoms with Gasteiger partial charge in [0.05, 0.1) is 30.0 Å². The lowest BCUT2D eigenvalue weighted by Gasteiger charge is -2.23. The standard InChI is InChI=1S/C25H26ClN3O5S/c1-18(2)34-23-10-4-19(5-11-23)16-27-28-25(30)17-29(21-8-6-20(26)7-9-21)35(31,32)24-14-12-22(33-3)13-15-24/h4-16,18H,17H2,1-3H3,(H,28,30)/b27-16-. The topological polar surface area (TPSA) is 97.3 Å². The Morgan fingerprint density at radius 2 is 1.60 bits per heavy atom. The highest BCUT2D eigenvalue weighted by atomic mass is 35.5. The molecule has 3 rings (SSSR count). The molecule has 0 heterocycles. The average Bonchev–Trinajstić information content (AvgIpc) is 2.84. The Bertz CT molecular complexity index is 1260. The van der Waals surface area contributed by atoms with Crippen LogP contribution in [-0.2, 0) is 14.8 Å².